The molecule has 0 aliphatic heterocycles. The van der Waals surface area contributed by atoms with Gasteiger partial charge in [0.25, 0.3) is 0 Å². The van der Waals surface area contributed by atoms with Gasteiger partial charge in [-0.25, -0.2) is 17.5 Å². The summed E-state index contributed by atoms with van der Waals surface area (Å²) in [5, 5.41) is 5.55. The van der Waals surface area contributed by atoms with Gasteiger partial charge < -0.3 is 10.6 Å². The molecule has 1 rings (SSSR count). The third-order valence-electron chi connectivity index (χ3n) is 3.06. The van der Waals surface area contributed by atoms with E-state index < -0.39 is 27.6 Å². The van der Waals surface area contributed by atoms with E-state index in [0.29, 0.717) is 19.0 Å². The lowest BCUT2D eigenvalue weighted by Gasteiger charge is -2.16. The molecule has 6 nitrogen and oxygen atoms in total. The molecule has 0 radical (unpaired) electrons. The monoisotopic (exact) mass is 384 g/mol. The van der Waals surface area contributed by atoms with Crippen LogP contribution in [-0.4, -0.2) is 40.8 Å². The summed E-state index contributed by atoms with van der Waals surface area (Å²) < 4.78 is 75.9. The quantitative estimate of drug-likeness (QED) is 0.288. The fourth-order valence-corrected chi connectivity index (χ4v) is 2.43. The summed E-state index contributed by atoms with van der Waals surface area (Å²) in [4.78, 5) is 3.86. The molecule has 11 heteroatoms. The molecule has 0 saturated carbocycles. The Hall–Kier alpha value is -1.88. The summed E-state index contributed by atoms with van der Waals surface area (Å²) in [7, 11) is -1.82. The first-order valence-corrected chi connectivity index (χ1v) is 9.17. The van der Waals surface area contributed by atoms with Crippen LogP contribution in [-0.2, 0) is 22.7 Å². The minimum atomic E-state index is -4.66. The topological polar surface area (TPSA) is 82.6 Å². The zero-order chi connectivity index (χ0) is 19.1. The van der Waals surface area contributed by atoms with E-state index in [2.05, 4.69) is 20.3 Å². The van der Waals surface area contributed by atoms with Crippen LogP contribution in [0, 0.1) is 5.82 Å². The molecule has 0 heterocycles. The maximum Gasteiger partial charge on any atom is 0.416 e. The number of sulfonamides is 1. The van der Waals surface area contributed by atoms with Gasteiger partial charge in [-0.05, 0) is 24.1 Å². The number of halogens is 4. The lowest BCUT2D eigenvalue weighted by atomic mass is 10.1. The van der Waals surface area contributed by atoms with Crippen molar-refractivity contribution in [2.45, 2.75) is 19.1 Å². The van der Waals surface area contributed by atoms with E-state index in [1.165, 1.54) is 7.05 Å². The fourth-order valence-electron chi connectivity index (χ4n) is 1.92. The van der Waals surface area contributed by atoms with E-state index in [1.807, 2.05) is 0 Å². The predicted molar refractivity (Wildman–Crippen MR) is 87.1 cm³/mol. The van der Waals surface area contributed by atoms with Gasteiger partial charge in [0, 0.05) is 26.7 Å². The maximum absolute atomic E-state index is 13.1. The molecule has 0 aliphatic carbocycles. The number of alkyl halides is 3. The molecule has 0 atom stereocenters. The Kier molecular flexibility index (Phi) is 7.61. The highest BCUT2D eigenvalue weighted by molar-refractivity contribution is 7.88. The molecule has 0 unspecified atom stereocenters. The molecule has 1 aromatic rings. The fraction of sp³-hybridized carbons (Fsp3) is 0.500. The number of rotatable bonds is 7. The average Bonchev–Trinajstić information content (AvgIpc) is 2.49. The van der Waals surface area contributed by atoms with Gasteiger partial charge in [-0.1, -0.05) is 6.07 Å². The summed E-state index contributed by atoms with van der Waals surface area (Å²) in [6.07, 6.45) is -3.16. The first-order chi connectivity index (χ1) is 11.5. The summed E-state index contributed by atoms with van der Waals surface area (Å²) in [6, 6.07) is 2.47. The Morgan fingerprint density at radius 2 is 1.88 bits per heavy atom. The van der Waals surface area contributed by atoms with Crippen LogP contribution in [0.5, 0.6) is 0 Å². The van der Waals surface area contributed by atoms with Crippen molar-refractivity contribution in [2.75, 3.05) is 26.4 Å². The summed E-state index contributed by atoms with van der Waals surface area (Å²) in [5.74, 6) is -0.714. The highest BCUT2D eigenvalue weighted by Gasteiger charge is 2.33. The molecule has 0 fully saturated rings. The van der Waals surface area contributed by atoms with Gasteiger partial charge >= 0.3 is 6.18 Å². The Bertz CT molecular complexity index is 705. The van der Waals surface area contributed by atoms with Crippen LogP contribution >= 0.6 is 0 Å². The third kappa shape index (κ3) is 8.16. The van der Waals surface area contributed by atoms with Gasteiger partial charge in [-0.3, -0.25) is 4.99 Å². The Balaban J connectivity index is 2.56. The van der Waals surface area contributed by atoms with E-state index in [0.717, 1.165) is 18.4 Å². The molecular formula is C14H20F4N4O2S. The zero-order valence-corrected chi connectivity index (χ0v) is 14.6. The van der Waals surface area contributed by atoms with Crippen LogP contribution in [0.1, 0.15) is 17.5 Å². The van der Waals surface area contributed by atoms with Crippen molar-refractivity contribution in [3.8, 4) is 0 Å². The molecule has 142 valence electrons. The van der Waals surface area contributed by atoms with Crippen molar-refractivity contribution in [3.05, 3.63) is 35.1 Å². The van der Waals surface area contributed by atoms with E-state index in [9.17, 15) is 26.0 Å². The minimum absolute atomic E-state index is 0.115. The Morgan fingerprint density at radius 1 is 1.20 bits per heavy atom. The Morgan fingerprint density at radius 3 is 2.44 bits per heavy atom. The molecule has 0 bridgehead atoms. The number of benzene rings is 1. The zero-order valence-electron chi connectivity index (χ0n) is 13.7. The number of aliphatic imine (C=N–C) groups is 1. The van der Waals surface area contributed by atoms with Crippen molar-refractivity contribution >= 4 is 16.0 Å². The normalized spacial score (nSPS) is 13.0. The minimum Gasteiger partial charge on any atom is -0.356 e. The Labute approximate surface area is 143 Å². The van der Waals surface area contributed by atoms with Crippen LogP contribution in [0.4, 0.5) is 17.6 Å². The summed E-state index contributed by atoms with van der Waals surface area (Å²) >= 11 is 0. The molecule has 1 aromatic carbocycles. The van der Waals surface area contributed by atoms with E-state index in [-0.39, 0.29) is 24.6 Å². The van der Waals surface area contributed by atoms with E-state index >= 15 is 0 Å². The van der Waals surface area contributed by atoms with Crippen molar-refractivity contribution < 1.29 is 26.0 Å². The summed E-state index contributed by atoms with van der Waals surface area (Å²) in [6.45, 7) is 0.382. The van der Waals surface area contributed by atoms with Crippen molar-refractivity contribution in [3.63, 3.8) is 0 Å². The van der Waals surface area contributed by atoms with Crippen LogP contribution in [0.25, 0.3) is 0 Å². The van der Waals surface area contributed by atoms with E-state index in [1.54, 1.807) is 0 Å². The number of hydrogen-bond acceptors (Lipinski definition) is 3. The number of guanidine groups is 1. The average molecular weight is 384 g/mol. The molecule has 0 aliphatic rings. The van der Waals surface area contributed by atoms with Gasteiger partial charge in [-0.15, -0.1) is 0 Å². The first-order valence-electron chi connectivity index (χ1n) is 7.27. The lowest BCUT2D eigenvalue weighted by Crippen LogP contribution is -2.38. The largest absolute Gasteiger partial charge is 0.416 e. The van der Waals surface area contributed by atoms with Gasteiger partial charge in [0.05, 0.1) is 11.8 Å². The second-order valence-corrected chi connectivity index (χ2v) is 7.00. The van der Waals surface area contributed by atoms with Crippen LogP contribution < -0.4 is 15.4 Å². The van der Waals surface area contributed by atoms with Gasteiger partial charge in [0.15, 0.2) is 5.96 Å². The second-order valence-electron chi connectivity index (χ2n) is 5.17. The standard InChI is InChI=1S/C14H20F4N4O2S/c1-19-13(20-6-3-7-22-25(2,23)24)21-9-10-4-5-11(15)8-12(10)14(16,17)18/h4-5,8,22H,3,6-7,9H2,1-2H3,(H2,19,20,21). The number of nitrogens with zero attached hydrogens (tertiary/aromatic N) is 1. The highest BCUT2D eigenvalue weighted by Crippen LogP contribution is 2.32. The number of hydrogen-bond donors (Lipinski definition) is 3. The predicted octanol–water partition coefficient (Wildman–Crippen LogP) is 1.45. The van der Waals surface area contributed by atoms with Crippen molar-refractivity contribution in [1.82, 2.24) is 15.4 Å². The van der Waals surface area contributed by atoms with Crippen molar-refractivity contribution in [2.24, 2.45) is 4.99 Å². The van der Waals surface area contributed by atoms with E-state index in [4.69, 9.17) is 0 Å². The summed E-state index contributed by atoms with van der Waals surface area (Å²) in [5.41, 5.74) is -1.16. The molecule has 3 N–H and O–H groups in total. The first kappa shape index (κ1) is 21.2. The molecule has 25 heavy (non-hydrogen) atoms. The smallest absolute Gasteiger partial charge is 0.356 e. The second kappa shape index (κ2) is 8.99. The molecule has 0 spiro atoms. The molecular weight excluding hydrogens is 364 g/mol. The van der Waals surface area contributed by atoms with Crippen molar-refractivity contribution in [1.29, 1.82) is 0 Å². The van der Waals surface area contributed by atoms with Gasteiger partial charge in [0.1, 0.15) is 5.82 Å². The van der Waals surface area contributed by atoms with Crippen LogP contribution in [0.15, 0.2) is 23.2 Å². The number of nitrogens with one attached hydrogen (secondary N) is 3. The third-order valence-corrected chi connectivity index (χ3v) is 3.79. The van der Waals surface area contributed by atoms with Gasteiger partial charge in [0.2, 0.25) is 10.0 Å². The van der Waals surface area contributed by atoms with Gasteiger partial charge in [-0.2, -0.15) is 13.2 Å². The maximum atomic E-state index is 13.1. The SMILES string of the molecule is CN=C(NCCCNS(C)(=O)=O)NCc1ccc(F)cc1C(F)(F)F. The lowest BCUT2D eigenvalue weighted by molar-refractivity contribution is -0.138. The molecule has 0 amide bonds. The van der Waals surface area contributed by atoms with Crippen LogP contribution in [0.2, 0.25) is 0 Å². The molecule has 0 saturated heterocycles. The highest BCUT2D eigenvalue weighted by atomic mass is 32.2. The van der Waals surface area contributed by atoms with Crippen LogP contribution in [0.3, 0.4) is 0 Å². The molecule has 0 aromatic heterocycles.